The summed E-state index contributed by atoms with van der Waals surface area (Å²) in [6, 6.07) is 11.1. The van der Waals surface area contributed by atoms with Crippen LogP contribution in [-0.2, 0) is 0 Å². The maximum Gasteiger partial charge on any atom is 0.157 e. The molecule has 1 aromatic rings. The quantitative estimate of drug-likeness (QED) is 0.901. The summed E-state index contributed by atoms with van der Waals surface area (Å²) in [7, 11) is 0. The molecule has 0 spiro atoms. The Kier molecular flexibility index (Phi) is 3.83. The van der Waals surface area contributed by atoms with Gasteiger partial charge in [0.1, 0.15) is 0 Å². The van der Waals surface area contributed by atoms with Crippen LogP contribution in [0.5, 0.6) is 0 Å². The van der Waals surface area contributed by atoms with Crippen LogP contribution < -0.4 is 5.32 Å². The molecule has 0 aromatic heterocycles. The van der Waals surface area contributed by atoms with Gasteiger partial charge >= 0.3 is 0 Å². The fraction of sp³-hybridized carbons (Fsp3) is 0.562. The van der Waals surface area contributed by atoms with E-state index in [1.54, 1.807) is 0 Å². The number of amidine groups is 1. The smallest absolute Gasteiger partial charge is 0.157 e. The van der Waals surface area contributed by atoms with Gasteiger partial charge in [0, 0.05) is 12.3 Å². The Balaban J connectivity index is 1.59. The second kappa shape index (κ2) is 5.58. The largest absolute Gasteiger partial charge is 0.357 e. The highest BCUT2D eigenvalue weighted by Gasteiger charge is 2.29. The van der Waals surface area contributed by atoms with Gasteiger partial charge in [-0.3, -0.25) is 4.99 Å². The highest BCUT2D eigenvalue weighted by Crippen LogP contribution is 2.38. The molecule has 1 heterocycles. The Hall–Kier alpha value is -0.960. The van der Waals surface area contributed by atoms with E-state index in [-0.39, 0.29) is 0 Å². The van der Waals surface area contributed by atoms with Gasteiger partial charge in [0.2, 0.25) is 0 Å². The van der Waals surface area contributed by atoms with Crippen LogP contribution in [-0.4, -0.2) is 17.5 Å². The van der Waals surface area contributed by atoms with Crippen LogP contribution in [0.3, 0.4) is 0 Å². The lowest BCUT2D eigenvalue weighted by Crippen LogP contribution is -2.22. The van der Waals surface area contributed by atoms with E-state index < -0.39 is 0 Å². The number of nitrogens with one attached hydrogen (secondary N) is 1. The van der Waals surface area contributed by atoms with Gasteiger partial charge in [-0.25, -0.2) is 0 Å². The third-order valence-electron chi connectivity index (χ3n) is 4.30. The number of aliphatic imine (C=N–C) groups is 1. The van der Waals surface area contributed by atoms with E-state index in [2.05, 4.69) is 42.6 Å². The van der Waals surface area contributed by atoms with Crippen molar-refractivity contribution in [2.24, 2.45) is 10.4 Å². The van der Waals surface area contributed by atoms with Crippen molar-refractivity contribution in [2.45, 2.75) is 38.6 Å². The highest BCUT2D eigenvalue weighted by atomic mass is 32.2. The standard InChI is InChI=1S/C16H22N2S/c1-16(9-5-6-10-16)12-17-15-18-14(11-19-15)13-7-3-2-4-8-13/h2-4,7-8,14H,5-6,9-12H2,1H3,(H,17,18). The summed E-state index contributed by atoms with van der Waals surface area (Å²) in [5, 5.41) is 4.70. The molecule has 3 rings (SSSR count). The van der Waals surface area contributed by atoms with Gasteiger partial charge in [-0.15, -0.1) is 0 Å². The summed E-state index contributed by atoms with van der Waals surface area (Å²) >= 11 is 1.87. The van der Waals surface area contributed by atoms with Crippen LogP contribution in [0.25, 0.3) is 0 Å². The van der Waals surface area contributed by atoms with E-state index >= 15 is 0 Å². The Morgan fingerprint density at radius 2 is 2.00 bits per heavy atom. The second-order valence-electron chi connectivity index (χ2n) is 6.06. The van der Waals surface area contributed by atoms with Crippen LogP contribution >= 0.6 is 11.8 Å². The molecule has 1 saturated carbocycles. The topological polar surface area (TPSA) is 24.4 Å². The Morgan fingerprint density at radius 3 is 2.74 bits per heavy atom. The molecule has 1 aromatic carbocycles. The van der Waals surface area contributed by atoms with Gasteiger partial charge < -0.3 is 5.32 Å². The number of benzene rings is 1. The first-order valence-corrected chi connectivity index (χ1v) is 8.23. The Bertz CT molecular complexity index is 449. The van der Waals surface area contributed by atoms with Crippen LogP contribution in [0.1, 0.15) is 44.2 Å². The zero-order chi connectivity index (χ0) is 13.1. The van der Waals surface area contributed by atoms with E-state index in [4.69, 9.17) is 4.99 Å². The lowest BCUT2D eigenvalue weighted by molar-refractivity contribution is 0.351. The molecule has 2 nitrogen and oxygen atoms in total. The number of hydrogen-bond donors (Lipinski definition) is 1. The van der Waals surface area contributed by atoms with Crippen molar-refractivity contribution in [3.63, 3.8) is 0 Å². The first-order valence-electron chi connectivity index (χ1n) is 7.24. The third kappa shape index (κ3) is 3.14. The zero-order valence-electron chi connectivity index (χ0n) is 11.6. The van der Waals surface area contributed by atoms with Crippen LogP contribution in [0.2, 0.25) is 0 Å². The maximum absolute atomic E-state index is 4.82. The van der Waals surface area contributed by atoms with Gasteiger partial charge in [0.25, 0.3) is 0 Å². The van der Waals surface area contributed by atoms with Crippen molar-refractivity contribution in [3.05, 3.63) is 35.9 Å². The molecule has 19 heavy (non-hydrogen) atoms. The Morgan fingerprint density at radius 1 is 1.26 bits per heavy atom. The van der Waals surface area contributed by atoms with Gasteiger partial charge in [-0.2, -0.15) is 0 Å². The predicted molar refractivity (Wildman–Crippen MR) is 83.7 cm³/mol. The van der Waals surface area contributed by atoms with Gasteiger partial charge in [0.05, 0.1) is 6.04 Å². The average molecular weight is 274 g/mol. The van der Waals surface area contributed by atoms with Gasteiger partial charge in [-0.05, 0) is 23.8 Å². The molecule has 0 radical (unpaired) electrons. The lowest BCUT2D eigenvalue weighted by Gasteiger charge is -2.20. The minimum Gasteiger partial charge on any atom is -0.357 e. The molecular weight excluding hydrogens is 252 g/mol. The summed E-state index contributed by atoms with van der Waals surface area (Å²) in [6.45, 7) is 3.38. The summed E-state index contributed by atoms with van der Waals surface area (Å²) < 4.78 is 0. The van der Waals surface area contributed by atoms with E-state index in [1.165, 1.54) is 31.2 Å². The molecule has 1 saturated heterocycles. The van der Waals surface area contributed by atoms with Gasteiger partial charge in [-0.1, -0.05) is 61.9 Å². The maximum atomic E-state index is 4.82. The average Bonchev–Trinajstić information content (AvgIpc) is 3.07. The van der Waals surface area contributed by atoms with Crippen molar-refractivity contribution in [3.8, 4) is 0 Å². The van der Waals surface area contributed by atoms with Crippen molar-refractivity contribution >= 4 is 16.9 Å². The number of hydrogen-bond acceptors (Lipinski definition) is 2. The number of rotatable bonds is 3. The zero-order valence-corrected chi connectivity index (χ0v) is 12.4. The summed E-state index contributed by atoms with van der Waals surface area (Å²) in [6.07, 6.45) is 5.45. The second-order valence-corrected chi connectivity index (χ2v) is 7.07. The summed E-state index contributed by atoms with van der Waals surface area (Å²) in [4.78, 5) is 4.82. The normalized spacial score (nSPS) is 27.6. The lowest BCUT2D eigenvalue weighted by atomic mass is 9.89. The van der Waals surface area contributed by atoms with Gasteiger partial charge in [0.15, 0.2) is 5.17 Å². The molecular formula is C16H22N2S. The molecule has 1 unspecified atom stereocenters. The molecule has 1 atom stereocenters. The molecule has 1 N–H and O–H groups in total. The SMILES string of the molecule is CC1(CN=C2NC(c3ccccc3)CS2)CCCC1. The number of nitrogens with zero attached hydrogens (tertiary/aromatic N) is 1. The first kappa shape index (κ1) is 13.0. The van der Waals surface area contributed by atoms with E-state index in [1.807, 2.05) is 11.8 Å². The van der Waals surface area contributed by atoms with Crippen LogP contribution in [0, 0.1) is 5.41 Å². The highest BCUT2D eigenvalue weighted by molar-refractivity contribution is 8.14. The minimum absolute atomic E-state index is 0.432. The van der Waals surface area contributed by atoms with Crippen molar-refractivity contribution < 1.29 is 0 Å². The van der Waals surface area contributed by atoms with E-state index in [9.17, 15) is 0 Å². The molecule has 2 fully saturated rings. The first-order chi connectivity index (χ1) is 9.25. The summed E-state index contributed by atoms with van der Waals surface area (Å²) in [5.41, 5.74) is 1.83. The molecule has 2 aliphatic rings. The summed E-state index contributed by atoms with van der Waals surface area (Å²) in [5.74, 6) is 1.10. The molecule has 3 heteroatoms. The Labute approximate surface area is 120 Å². The van der Waals surface area contributed by atoms with Crippen LogP contribution in [0.4, 0.5) is 0 Å². The molecule has 1 aliphatic heterocycles. The van der Waals surface area contributed by atoms with Crippen molar-refractivity contribution in [1.82, 2.24) is 5.32 Å². The van der Waals surface area contributed by atoms with Crippen molar-refractivity contribution in [1.29, 1.82) is 0 Å². The fourth-order valence-electron chi connectivity index (χ4n) is 3.00. The number of thioether (sulfide) groups is 1. The predicted octanol–water partition coefficient (Wildman–Crippen LogP) is 4.00. The molecule has 1 aliphatic carbocycles. The molecule has 0 amide bonds. The van der Waals surface area contributed by atoms with Crippen LogP contribution in [0.15, 0.2) is 35.3 Å². The van der Waals surface area contributed by atoms with Crippen molar-refractivity contribution in [2.75, 3.05) is 12.3 Å². The monoisotopic (exact) mass is 274 g/mol. The van der Waals surface area contributed by atoms with E-state index in [0.29, 0.717) is 11.5 Å². The molecule has 102 valence electrons. The van der Waals surface area contributed by atoms with E-state index in [0.717, 1.165) is 17.5 Å². The molecule has 0 bridgehead atoms. The fourth-order valence-corrected chi connectivity index (χ4v) is 3.98. The third-order valence-corrected chi connectivity index (χ3v) is 5.32. The minimum atomic E-state index is 0.432.